The molecule has 6 nitrogen and oxygen atoms in total. The Morgan fingerprint density at radius 3 is 2.65 bits per heavy atom. The van der Waals surface area contributed by atoms with E-state index in [0.29, 0.717) is 11.9 Å². The molecule has 2 heterocycles. The molecule has 0 amide bonds. The van der Waals surface area contributed by atoms with Crippen molar-refractivity contribution in [3.8, 4) is 0 Å². The van der Waals surface area contributed by atoms with Crippen molar-refractivity contribution < 1.29 is 0 Å². The molecular weight excluding hydrogens is 252 g/mol. The van der Waals surface area contributed by atoms with E-state index >= 15 is 0 Å². The first kappa shape index (κ1) is 14.8. The lowest BCUT2D eigenvalue weighted by Crippen LogP contribution is -2.24. The molecule has 0 unspecified atom stereocenters. The standard InChI is InChI=1S/C14H26N6/c1-14(2,3)6-4-10-11(15)19-13(16)20-12(10)18-9-5-7-17-8-9/h9,17H,4-8H2,1-3H3,(H5,15,16,18,19,20)/t9-/m0/s1. The first-order valence-corrected chi connectivity index (χ1v) is 7.24. The highest BCUT2D eigenvalue weighted by Gasteiger charge is 2.20. The summed E-state index contributed by atoms with van der Waals surface area (Å²) in [5.74, 6) is 1.53. The van der Waals surface area contributed by atoms with Crippen molar-refractivity contribution in [3.63, 3.8) is 0 Å². The second-order valence-electron chi connectivity index (χ2n) is 6.69. The van der Waals surface area contributed by atoms with Crippen LogP contribution in [-0.4, -0.2) is 29.1 Å². The normalized spacial score (nSPS) is 19.2. The lowest BCUT2D eigenvalue weighted by Gasteiger charge is -2.21. The fraction of sp³-hybridized carbons (Fsp3) is 0.714. The molecule has 0 aliphatic carbocycles. The molecule has 20 heavy (non-hydrogen) atoms. The maximum Gasteiger partial charge on any atom is 0.223 e. The van der Waals surface area contributed by atoms with Crippen LogP contribution in [0.1, 0.15) is 39.2 Å². The number of hydrogen-bond acceptors (Lipinski definition) is 6. The van der Waals surface area contributed by atoms with Gasteiger partial charge in [0.05, 0.1) is 0 Å². The van der Waals surface area contributed by atoms with Crippen LogP contribution in [0.5, 0.6) is 0 Å². The summed E-state index contributed by atoms with van der Waals surface area (Å²) in [5, 5.41) is 6.78. The van der Waals surface area contributed by atoms with Gasteiger partial charge in [-0.15, -0.1) is 0 Å². The molecule has 1 atom stereocenters. The van der Waals surface area contributed by atoms with Crippen LogP contribution in [0.2, 0.25) is 0 Å². The van der Waals surface area contributed by atoms with Gasteiger partial charge < -0.3 is 22.1 Å². The third-order valence-electron chi connectivity index (χ3n) is 3.58. The average Bonchev–Trinajstić information content (AvgIpc) is 2.78. The number of nitrogens with zero attached hydrogens (tertiary/aromatic N) is 2. The van der Waals surface area contributed by atoms with Gasteiger partial charge in [-0.25, -0.2) is 0 Å². The smallest absolute Gasteiger partial charge is 0.223 e. The van der Waals surface area contributed by atoms with Gasteiger partial charge in [-0.05, 0) is 31.2 Å². The van der Waals surface area contributed by atoms with E-state index in [4.69, 9.17) is 11.5 Å². The van der Waals surface area contributed by atoms with Crippen LogP contribution in [0.4, 0.5) is 17.6 Å². The van der Waals surface area contributed by atoms with Crippen molar-refractivity contribution in [2.45, 2.75) is 46.1 Å². The molecule has 0 spiro atoms. The minimum atomic E-state index is 0.232. The van der Waals surface area contributed by atoms with Crippen LogP contribution in [0.25, 0.3) is 0 Å². The molecule has 0 saturated carbocycles. The van der Waals surface area contributed by atoms with Crippen molar-refractivity contribution in [1.82, 2.24) is 15.3 Å². The van der Waals surface area contributed by atoms with E-state index in [-0.39, 0.29) is 11.4 Å². The summed E-state index contributed by atoms with van der Waals surface area (Å²) in [4.78, 5) is 8.44. The van der Waals surface area contributed by atoms with Crippen LogP contribution < -0.4 is 22.1 Å². The fourth-order valence-corrected chi connectivity index (χ4v) is 2.36. The van der Waals surface area contributed by atoms with Crippen molar-refractivity contribution >= 4 is 17.6 Å². The quantitative estimate of drug-likeness (QED) is 0.664. The van der Waals surface area contributed by atoms with Gasteiger partial charge in [0.1, 0.15) is 11.6 Å². The molecule has 112 valence electrons. The zero-order valence-electron chi connectivity index (χ0n) is 12.7. The van der Waals surface area contributed by atoms with Crippen molar-refractivity contribution in [3.05, 3.63) is 5.56 Å². The second-order valence-corrected chi connectivity index (χ2v) is 6.69. The van der Waals surface area contributed by atoms with Crippen molar-refractivity contribution in [1.29, 1.82) is 0 Å². The number of rotatable bonds is 4. The Kier molecular flexibility index (Phi) is 4.32. The first-order valence-electron chi connectivity index (χ1n) is 7.24. The highest BCUT2D eigenvalue weighted by molar-refractivity contribution is 5.58. The lowest BCUT2D eigenvalue weighted by atomic mass is 9.89. The topological polar surface area (TPSA) is 102 Å². The maximum absolute atomic E-state index is 6.04. The molecular formula is C14H26N6. The molecule has 2 rings (SSSR count). The Morgan fingerprint density at radius 2 is 2.05 bits per heavy atom. The van der Waals surface area contributed by atoms with Crippen LogP contribution in [0, 0.1) is 5.41 Å². The molecule has 1 fully saturated rings. The Morgan fingerprint density at radius 1 is 1.30 bits per heavy atom. The van der Waals surface area contributed by atoms with E-state index in [2.05, 4.69) is 41.4 Å². The molecule has 1 aromatic rings. The lowest BCUT2D eigenvalue weighted by molar-refractivity contribution is 0.378. The third-order valence-corrected chi connectivity index (χ3v) is 3.58. The second kappa shape index (κ2) is 5.83. The van der Waals surface area contributed by atoms with Gasteiger partial charge >= 0.3 is 0 Å². The zero-order chi connectivity index (χ0) is 14.8. The van der Waals surface area contributed by atoms with E-state index < -0.39 is 0 Å². The number of nitrogens with one attached hydrogen (secondary N) is 2. The Bertz CT molecular complexity index is 459. The molecule has 1 saturated heterocycles. The minimum absolute atomic E-state index is 0.232. The maximum atomic E-state index is 6.04. The summed E-state index contributed by atoms with van der Waals surface area (Å²) in [6.45, 7) is 8.63. The first-order chi connectivity index (χ1) is 9.35. The summed E-state index contributed by atoms with van der Waals surface area (Å²) >= 11 is 0. The summed E-state index contributed by atoms with van der Waals surface area (Å²) in [6.07, 6.45) is 2.97. The minimum Gasteiger partial charge on any atom is -0.383 e. The predicted octanol–water partition coefficient (Wildman–Crippen LogP) is 1.39. The van der Waals surface area contributed by atoms with Crippen molar-refractivity contribution in [2.24, 2.45) is 5.41 Å². The number of nitrogen functional groups attached to an aromatic ring is 2. The number of hydrogen-bond donors (Lipinski definition) is 4. The Hall–Kier alpha value is -1.56. The highest BCUT2D eigenvalue weighted by Crippen LogP contribution is 2.28. The molecule has 1 aliphatic heterocycles. The van der Waals surface area contributed by atoms with Gasteiger partial charge in [0.25, 0.3) is 0 Å². The molecule has 0 radical (unpaired) electrons. The Labute approximate surface area is 120 Å². The van der Waals surface area contributed by atoms with Crippen molar-refractivity contribution in [2.75, 3.05) is 29.9 Å². The molecule has 0 bridgehead atoms. The largest absolute Gasteiger partial charge is 0.383 e. The number of nitrogens with two attached hydrogens (primary N) is 2. The molecule has 1 aromatic heterocycles. The van der Waals surface area contributed by atoms with Gasteiger partial charge in [0.15, 0.2) is 0 Å². The van der Waals surface area contributed by atoms with Crippen LogP contribution in [-0.2, 0) is 6.42 Å². The average molecular weight is 278 g/mol. The SMILES string of the molecule is CC(C)(C)CCc1c(N)nc(N)nc1N[C@H]1CCNC1. The molecule has 0 aromatic carbocycles. The van der Waals surface area contributed by atoms with Crippen LogP contribution >= 0.6 is 0 Å². The summed E-state index contributed by atoms with van der Waals surface area (Å²) in [6, 6.07) is 0.386. The van der Waals surface area contributed by atoms with Gasteiger partial charge in [0.2, 0.25) is 5.95 Å². The third kappa shape index (κ3) is 3.96. The number of aromatic nitrogens is 2. The van der Waals surface area contributed by atoms with Gasteiger partial charge in [-0.1, -0.05) is 20.8 Å². The van der Waals surface area contributed by atoms with Crippen LogP contribution in [0.15, 0.2) is 0 Å². The highest BCUT2D eigenvalue weighted by atomic mass is 15.1. The van der Waals surface area contributed by atoms with E-state index in [9.17, 15) is 0 Å². The number of anilines is 3. The predicted molar refractivity (Wildman–Crippen MR) is 83.5 cm³/mol. The summed E-state index contributed by atoms with van der Waals surface area (Å²) in [7, 11) is 0. The molecule has 1 aliphatic rings. The van der Waals surface area contributed by atoms with Crippen LogP contribution in [0.3, 0.4) is 0 Å². The van der Waals surface area contributed by atoms with E-state index in [1.54, 1.807) is 0 Å². The fourth-order valence-electron chi connectivity index (χ4n) is 2.36. The van der Waals surface area contributed by atoms with Gasteiger partial charge in [-0.2, -0.15) is 9.97 Å². The Balaban J connectivity index is 2.18. The van der Waals surface area contributed by atoms with E-state index in [1.165, 1.54) is 0 Å². The van der Waals surface area contributed by atoms with Gasteiger partial charge in [-0.3, -0.25) is 0 Å². The molecule has 6 N–H and O–H groups in total. The van der Waals surface area contributed by atoms with E-state index in [0.717, 1.165) is 43.7 Å². The molecule has 6 heteroatoms. The van der Waals surface area contributed by atoms with E-state index in [1.807, 2.05) is 0 Å². The monoisotopic (exact) mass is 278 g/mol. The van der Waals surface area contributed by atoms with Gasteiger partial charge in [0, 0.05) is 18.2 Å². The summed E-state index contributed by atoms with van der Waals surface area (Å²) < 4.78 is 0. The summed E-state index contributed by atoms with van der Waals surface area (Å²) in [5.41, 5.74) is 13.0. The zero-order valence-corrected chi connectivity index (χ0v) is 12.7.